The van der Waals surface area contributed by atoms with Gasteiger partial charge >= 0.3 is 5.63 Å². The van der Waals surface area contributed by atoms with Crippen LogP contribution in [0.15, 0.2) is 45.6 Å². The van der Waals surface area contributed by atoms with E-state index in [0.29, 0.717) is 29.5 Å². The second-order valence-electron chi connectivity index (χ2n) is 6.84. The van der Waals surface area contributed by atoms with Crippen molar-refractivity contribution in [1.29, 1.82) is 0 Å². The van der Waals surface area contributed by atoms with Crippen molar-refractivity contribution in [3.8, 4) is 0 Å². The molecule has 0 saturated carbocycles. The summed E-state index contributed by atoms with van der Waals surface area (Å²) in [5, 5.41) is 2.93. The van der Waals surface area contributed by atoms with Gasteiger partial charge in [-0.1, -0.05) is 30.3 Å². The van der Waals surface area contributed by atoms with Gasteiger partial charge in [-0.3, -0.25) is 9.69 Å². The monoisotopic (exact) mass is 356 g/mol. The first-order valence-electron chi connectivity index (χ1n) is 9.06. The molecule has 0 bridgehead atoms. The Labute approximate surface area is 155 Å². The summed E-state index contributed by atoms with van der Waals surface area (Å²) in [5.41, 5.74) is 1.96. The van der Waals surface area contributed by atoms with E-state index in [1.807, 2.05) is 6.07 Å². The van der Waals surface area contributed by atoms with E-state index in [1.165, 1.54) is 11.6 Å². The van der Waals surface area contributed by atoms with Crippen LogP contribution in [0.1, 0.15) is 47.5 Å². The summed E-state index contributed by atoms with van der Waals surface area (Å²) in [5.74, 6) is 0.170. The quantitative estimate of drug-likeness (QED) is 0.737. The fourth-order valence-corrected chi connectivity index (χ4v) is 3.01. The second kappa shape index (κ2) is 9.34. The van der Waals surface area contributed by atoms with Gasteiger partial charge in [0, 0.05) is 31.7 Å². The molecule has 2 rings (SSSR count). The fourth-order valence-electron chi connectivity index (χ4n) is 3.01. The van der Waals surface area contributed by atoms with Crippen molar-refractivity contribution in [1.82, 2.24) is 10.2 Å². The summed E-state index contributed by atoms with van der Waals surface area (Å²) in [6.45, 7) is 10.1. The Morgan fingerprint density at radius 3 is 2.50 bits per heavy atom. The number of carbonyl (C=O) groups is 1. The average molecular weight is 356 g/mol. The lowest BCUT2D eigenvalue weighted by Crippen LogP contribution is -2.34. The summed E-state index contributed by atoms with van der Waals surface area (Å²) in [7, 11) is 0. The standard InChI is InChI=1S/C21H28N2O3/c1-15(2)23(14-18-9-6-5-7-10-18)12-8-11-22-21(25)20-16(3)13-19(24)26-17(20)4/h5-7,9-10,13,15H,8,11-12,14H2,1-4H3,(H,22,25). The first-order valence-corrected chi connectivity index (χ1v) is 9.06. The first-order chi connectivity index (χ1) is 12.4. The number of benzene rings is 1. The molecule has 26 heavy (non-hydrogen) atoms. The zero-order valence-electron chi connectivity index (χ0n) is 16.0. The van der Waals surface area contributed by atoms with Gasteiger partial charge in [0.25, 0.3) is 5.91 Å². The molecule has 0 atom stereocenters. The van der Waals surface area contributed by atoms with Crippen LogP contribution in [0.2, 0.25) is 0 Å². The van der Waals surface area contributed by atoms with Crippen molar-refractivity contribution in [3.05, 3.63) is 69.3 Å². The van der Waals surface area contributed by atoms with Crippen LogP contribution in [0.3, 0.4) is 0 Å². The van der Waals surface area contributed by atoms with E-state index in [1.54, 1.807) is 13.8 Å². The summed E-state index contributed by atoms with van der Waals surface area (Å²) in [4.78, 5) is 26.1. The minimum absolute atomic E-state index is 0.192. The third kappa shape index (κ3) is 5.56. The molecule has 1 aromatic carbocycles. The number of amides is 1. The largest absolute Gasteiger partial charge is 0.427 e. The third-order valence-corrected chi connectivity index (χ3v) is 4.43. The second-order valence-corrected chi connectivity index (χ2v) is 6.84. The van der Waals surface area contributed by atoms with E-state index >= 15 is 0 Å². The highest BCUT2D eigenvalue weighted by Gasteiger charge is 2.15. The van der Waals surface area contributed by atoms with E-state index < -0.39 is 5.63 Å². The molecule has 0 unspecified atom stereocenters. The minimum Gasteiger partial charge on any atom is -0.427 e. The lowest BCUT2D eigenvalue weighted by atomic mass is 10.1. The summed E-state index contributed by atoms with van der Waals surface area (Å²) >= 11 is 0. The third-order valence-electron chi connectivity index (χ3n) is 4.43. The van der Waals surface area contributed by atoms with Gasteiger partial charge in [0.2, 0.25) is 0 Å². The molecule has 1 N–H and O–H groups in total. The molecule has 2 aromatic rings. The number of hydrogen-bond donors (Lipinski definition) is 1. The van der Waals surface area contributed by atoms with Crippen molar-refractivity contribution in [3.63, 3.8) is 0 Å². The highest BCUT2D eigenvalue weighted by molar-refractivity contribution is 5.96. The number of aryl methyl sites for hydroxylation is 2. The molecule has 0 saturated heterocycles. The smallest absolute Gasteiger partial charge is 0.336 e. The van der Waals surface area contributed by atoms with Crippen LogP contribution < -0.4 is 10.9 Å². The zero-order valence-corrected chi connectivity index (χ0v) is 16.0. The van der Waals surface area contributed by atoms with Gasteiger partial charge in [-0.15, -0.1) is 0 Å². The lowest BCUT2D eigenvalue weighted by Gasteiger charge is -2.26. The van der Waals surface area contributed by atoms with Crippen LogP contribution in [-0.4, -0.2) is 29.9 Å². The van der Waals surface area contributed by atoms with E-state index in [9.17, 15) is 9.59 Å². The Hall–Kier alpha value is -2.40. The summed E-state index contributed by atoms with van der Waals surface area (Å²) in [6.07, 6.45) is 0.853. The minimum atomic E-state index is -0.426. The van der Waals surface area contributed by atoms with Gasteiger partial charge in [0.15, 0.2) is 0 Å². The molecule has 1 amide bonds. The molecule has 5 nitrogen and oxygen atoms in total. The van der Waals surface area contributed by atoms with Crippen LogP contribution in [-0.2, 0) is 6.54 Å². The van der Waals surface area contributed by atoms with Crippen molar-refractivity contribution >= 4 is 5.91 Å². The molecule has 0 aliphatic carbocycles. The molecule has 0 fully saturated rings. The molecule has 1 aromatic heterocycles. The summed E-state index contributed by atoms with van der Waals surface area (Å²) in [6, 6.07) is 12.2. The predicted octanol–water partition coefficient (Wildman–Crippen LogP) is 3.29. The highest BCUT2D eigenvalue weighted by atomic mass is 16.4. The van der Waals surface area contributed by atoms with Gasteiger partial charge in [0.05, 0.1) is 5.56 Å². The molecule has 0 aliphatic rings. The topological polar surface area (TPSA) is 62.6 Å². The molecule has 140 valence electrons. The van der Waals surface area contributed by atoms with Gasteiger partial charge < -0.3 is 9.73 Å². The van der Waals surface area contributed by atoms with E-state index in [-0.39, 0.29) is 5.91 Å². The van der Waals surface area contributed by atoms with E-state index in [0.717, 1.165) is 19.5 Å². The van der Waals surface area contributed by atoms with E-state index in [2.05, 4.69) is 48.3 Å². The van der Waals surface area contributed by atoms with Gasteiger partial charge in [-0.2, -0.15) is 0 Å². The Morgan fingerprint density at radius 1 is 1.19 bits per heavy atom. The highest BCUT2D eigenvalue weighted by Crippen LogP contribution is 2.11. The van der Waals surface area contributed by atoms with Gasteiger partial charge in [0.1, 0.15) is 5.76 Å². The Morgan fingerprint density at radius 2 is 1.88 bits per heavy atom. The molecule has 5 heteroatoms. The normalized spacial score (nSPS) is 11.2. The fraction of sp³-hybridized carbons (Fsp3) is 0.429. The predicted molar refractivity (Wildman–Crippen MR) is 103 cm³/mol. The molecule has 0 radical (unpaired) electrons. The van der Waals surface area contributed by atoms with Crippen molar-refractivity contribution in [2.24, 2.45) is 0 Å². The molecule has 0 spiro atoms. The van der Waals surface area contributed by atoms with E-state index in [4.69, 9.17) is 4.42 Å². The average Bonchev–Trinajstić information content (AvgIpc) is 2.57. The van der Waals surface area contributed by atoms with Crippen LogP contribution in [0, 0.1) is 13.8 Å². The number of rotatable bonds is 8. The van der Waals surface area contributed by atoms with Gasteiger partial charge in [-0.05, 0) is 45.2 Å². The van der Waals surface area contributed by atoms with Crippen molar-refractivity contribution < 1.29 is 9.21 Å². The van der Waals surface area contributed by atoms with Crippen LogP contribution in [0.25, 0.3) is 0 Å². The first kappa shape index (κ1) is 19.9. The Bertz CT molecular complexity index is 755. The Kier molecular flexibility index (Phi) is 7.16. The maximum Gasteiger partial charge on any atom is 0.336 e. The SMILES string of the molecule is Cc1cc(=O)oc(C)c1C(=O)NCCCN(Cc1ccccc1)C(C)C. The number of carbonyl (C=O) groups excluding carboxylic acids is 1. The number of nitrogens with one attached hydrogen (secondary N) is 1. The maximum atomic E-state index is 12.4. The number of hydrogen-bond acceptors (Lipinski definition) is 4. The number of nitrogens with zero attached hydrogens (tertiary/aromatic N) is 1. The molecular weight excluding hydrogens is 328 g/mol. The van der Waals surface area contributed by atoms with Crippen molar-refractivity contribution in [2.45, 2.75) is 46.7 Å². The Balaban J connectivity index is 1.86. The lowest BCUT2D eigenvalue weighted by molar-refractivity contribution is 0.0946. The molecular formula is C21H28N2O3. The van der Waals surface area contributed by atoms with Crippen LogP contribution >= 0.6 is 0 Å². The zero-order chi connectivity index (χ0) is 19.1. The maximum absolute atomic E-state index is 12.4. The van der Waals surface area contributed by atoms with Gasteiger partial charge in [-0.25, -0.2) is 4.79 Å². The van der Waals surface area contributed by atoms with Crippen LogP contribution in [0.4, 0.5) is 0 Å². The molecule has 1 heterocycles. The van der Waals surface area contributed by atoms with Crippen LogP contribution in [0.5, 0.6) is 0 Å². The molecule has 0 aliphatic heterocycles. The van der Waals surface area contributed by atoms with Crippen molar-refractivity contribution in [2.75, 3.05) is 13.1 Å². The summed E-state index contributed by atoms with van der Waals surface area (Å²) < 4.78 is 5.03.